The minimum Gasteiger partial charge on any atom is -0.465 e. The topological polar surface area (TPSA) is 108 Å². The van der Waals surface area contributed by atoms with Crippen LogP contribution >= 0.6 is 0 Å². The predicted octanol–water partition coefficient (Wildman–Crippen LogP) is 2.71. The SMILES string of the molecule is COC(=O)c1ccc(NC(=O)CCn2cnc3c(cnn3-c3ccc(C)cc3)c2=O)cc1. The first-order valence-electron chi connectivity index (χ1n) is 9.94. The number of aryl methyl sites for hydroxylation is 2. The molecule has 9 heteroatoms. The van der Waals surface area contributed by atoms with E-state index in [1.807, 2.05) is 31.2 Å². The maximum Gasteiger partial charge on any atom is 0.337 e. The number of methoxy groups -OCH3 is 1. The van der Waals surface area contributed by atoms with Crippen molar-refractivity contribution in [2.75, 3.05) is 12.4 Å². The molecule has 4 aromatic rings. The van der Waals surface area contributed by atoms with Crippen LogP contribution in [0.4, 0.5) is 5.69 Å². The molecule has 0 aliphatic carbocycles. The van der Waals surface area contributed by atoms with Crippen molar-refractivity contribution in [3.8, 4) is 5.69 Å². The van der Waals surface area contributed by atoms with E-state index in [-0.39, 0.29) is 24.4 Å². The Kier molecular flexibility index (Phi) is 5.80. The Labute approximate surface area is 183 Å². The number of carbonyl (C=O) groups excluding carboxylic acids is 2. The lowest BCUT2D eigenvalue weighted by molar-refractivity contribution is -0.116. The lowest BCUT2D eigenvalue weighted by Gasteiger charge is -2.08. The fourth-order valence-corrected chi connectivity index (χ4v) is 3.24. The van der Waals surface area contributed by atoms with Gasteiger partial charge in [0.25, 0.3) is 5.56 Å². The maximum atomic E-state index is 12.8. The Morgan fingerprint density at radius 1 is 1.06 bits per heavy atom. The minimum atomic E-state index is -0.448. The summed E-state index contributed by atoms with van der Waals surface area (Å²) in [6.07, 6.45) is 3.00. The van der Waals surface area contributed by atoms with Crippen molar-refractivity contribution in [3.05, 3.63) is 82.5 Å². The second-order valence-corrected chi connectivity index (χ2v) is 7.24. The van der Waals surface area contributed by atoms with Gasteiger partial charge in [-0.25, -0.2) is 14.5 Å². The molecule has 0 aliphatic heterocycles. The third-order valence-electron chi connectivity index (χ3n) is 5.00. The van der Waals surface area contributed by atoms with Gasteiger partial charge in [0.05, 0.1) is 30.9 Å². The molecule has 0 radical (unpaired) electrons. The molecule has 4 rings (SSSR count). The molecule has 2 aromatic carbocycles. The second-order valence-electron chi connectivity index (χ2n) is 7.24. The lowest BCUT2D eigenvalue weighted by Crippen LogP contribution is -2.23. The minimum absolute atomic E-state index is 0.0813. The number of hydrogen-bond acceptors (Lipinski definition) is 6. The van der Waals surface area contributed by atoms with Crippen LogP contribution in [0.1, 0.15) is 22.3 Å². The van der Waals surface area contributed by atoms with Crippen LogP contribution in [0.15, 0.2) is 65.8 Å². The number of fused-ring (bicyclic) bond motifs is 1. The summed E-state index contributed by atoms with van der Waals surface area (Å²) >= 11 is 0. The van der Waals surface area contributed by atoms with Gasteiger partial charge in [-0.2, -0.15) is 5.10 Å². The largest absolute Gasteiger partial charge is 0.465 e. The van der Waals surface area contributed by atoms with Gasteiger partial charge in [-0.1, -0.05) is 17.7 Å². The Morgan fingerprint density at radius 2 is 1.78 bits per heavy atom. The van der Waals surface area contributed by atoms with Crippen molar-refractivity contribution in [1.82, 2.24) is 19.3 Å². The van der Waals surface area contributed by atoms with E-state index in [2.05, 4.69) is 20.1 Å². The van der Waals surface area contributed by atoms with Crippen molar-refractivity contribution in [2.45, 2.75) is 19.9 Å². The second kappa shape index (κ2) is 8.84. The van der Waals surface area contributed by atoms with E-state index in [9.17, 15) is 14.4 Å². The zero-order chi connectivity index (χ0) is 22.7. The molecule has 0 fully saturated rings. The number of rotatable bonds is 6. The number of nitrogens with one attached hydrogen (secondary N) is 1. The molecule has 9 nitrogen and oxygen atoms in total. The van der Waals surface area contributed by atoms with Crippen molar-refractivity contribution >= 4 is 28.6 Å². The van der Waals surface area contributed by atoms with Crippen LogP contribution < -0.4 is 10.9 Å². The summed E-state index contributed by atoms with van der Waals surface area (Å²) in [6, 6.07) is 14.1. The summed E-state index contributed by atoms with van der Waals surface area (Å²) in [5.41, 5.74) is 3.07. The van der Waals surface area contributed by atoms with E-state index in [4.69, 9.17) is 0 Å². The zero-order valence-corrected chi connectivity index (χ0v) is 17.6. The average Bonchev–Trinajstić information content (AvgIpc) is 3.24. The first-order chi connectivity index (χ1) is 15.5. The summed E-state index contributed by atoms with van der Waals surface area (Å²) in [4.78, 5) is 41.0. The molecule has 0 saturated carbocycles. The highest BCUT2D eigenvalue weighted by molar-refractivity contribution is 5.93. The number of benzene rings is 2. The summed E-state index contributed by atoms with van der Waals surface area (Å²) in [6.45, 7) is 2.17. The van der Waals surface area contributed by atoms with Gasteiger partial charge in [0.2, 0.25) is 5.91 Å². The average molecular weight is 431 g/mol. The normalized spacial score (nSPS) is 10.8. The molecular weight excluding hydrogens is 410 g/mol. The van der Waals surface area contributed by atoms with Crippen LogP contribution in [0.25, 0.3) is 16.7 Å². The molecule has 1 N–H and O–H groups in total. The maximum absolute atomic E-state index is 12.8. The molecule has 0 aliphatic rings. The van der Waals surface area contributed by atoms with Crippen molar-refractivity contribution < 1.29 is 14.3 Å². The van der Waals surface area contributed by atoms with E-state index < -0.39 is 5.97 Å². The van der Waals surface area contributed by atoms with Gasteiger partial charge < -0.3 is 10.1 Å². The van der Waals surface area contributed by atoms with Gasteiger partial charge in [0, 0.05) is 18.7 Å². The van der Waals surface area contributed by atoms with Gasteiger partial charge in [-0.05, 0) is 43.3 Å². The zero-order valence-electron chi connectivity index (χ0n) is 17.6. The fraction of sp³-hybridized carbons (Fsp3) is 0.174. The molecule has 2 aromatic heterocycles. The lowest BCUT2D eigenvalue weighted by atomic mass is 10.2. The summed E-state index contributed by atoms with van der Waals surface area (Å²) in [5.74, 6) is -0.714. The molecule has 0 spiro atoms. The Morgan fingerprint density at radius 3 is 2.47 bits per heavy atom. The molecule has 0 atom stereocenters. The number of amides is 1. The standard InChI is InChI=1S/C23H21N5O4/c1-15-3-9-18(10-4-15)28-21-19(13-25-28)22(30)27(14-24-21)12-11-20(29)26-17-7-5-16(6-8-17)23(31)32-2/h3-10,13-14H,11-12H2,1-2H3,(H,26,29). The predicted molar refractivity (Wildman–Crippen MR) is 119 cm³/mol. The number of ether oxygens (including phenoxy) is 1. The first kappa shape index (κ1) is 21.0. The van der Waals surface area contributed by atoms with E-state index >= 15 is 0 Å². The van der Waals surface area contributed by atoms with Crippen LogP contribution in [-0.2, 0) is 16.1 Å². The van der Waals surface area contributed by atoms with Crippen LogP contribution in [0, 0.1) is 6.92 Å². The van der Waals surface area contributed by atoms with Crippen LogP contribution in [-0.4, -0.2) is 38.3 Å². The number of hydrogen-bond donors (Lipinski definition) is 1. The van der Waals surface area contributed by atoms with Gasteiger partial charge >= 0.3 is 5.97 Å². The number of anilines is 1. The fourth-order valence-electron chi connectivity index (χ4n) is 3.24. The van der Waals surface area contributed by atoms with Gasteiger partial charge in [0.15, 0.2) is 5.65 Å². The smallest absolute Gasteiger partial charge is 0.337 e. The molecule has 0 saturated heterocycles. The number of esters is 1. The van der Waals surface area contributed by atoms with Crippen LogP contribution in [0.5, 0.6) is 0 Å². The Balaban J connectivity index is 1.45. The number of nitrogens with zero attached hydrogens (tertiary/aromatic N) is 4. The van der Waals surface area contributed by atoms with Gasteiger partial charge in [-0.15, -0.1) is 0 Å². The highest BCUT2D eigenvalue weighted by Crippen LogP contribution is 2.15. The van der Waals surface area contributed by atoms with Gasteiger partial charge in [0.1, 0.15) is 5.39 Å². The molecule has 0 bridgehead atoms. The van der Waals surface area contributed by atoms with Crippen LogP contribution in [0.2, 0.25) is 0 Å². The molecule has 2 heterocycles. The third kappa shape index (κ3) is 4.27. The van der Waals surface area contributed by atoms with E-state index in [1.165, 1.54) is 24.2 Å². The number of aromatic nitrogens is 4. The molecule has 162 valence electrons. The van der Waals surface area contributed by atoms with E-state index in [0.717, 1.165) is 11.3 Å². The Hall–Kier alpha value is -4.27. The molecular formula is C23H21N5O4. The monoisotopic (exact) mass is 431 g/mol. The Bertz CT molecular complexity index is 1340. The molecule has 32 heavy (non-hydrogen) atoms. The highest BCUT2D eigenvalue weighted by Gasteiger charge is 2.13. The quantitative estimate of drug-likeness (QED) is 0.470. The summed E-state index contributed by atoms with van der Waals surface area (Å²) in [7, 11) is 1.31. The molecule has 0 unspecified atom stereocenters. The van der Waals surface area contributed by atoms with Crippen molar-refractivity contribution in [2.24, 2.45) is 0 Å². The third-order valence-corrected chi connectivity index (χ3v) is 5.00. The van der Waals surface area contributed by atoms with Crippen LogP contribution in [0.3, 0.4) is 0 Å². The first-order valence-corrected chi connectivity index (χ1v) is 9.94. The molecule has 1 amide bonds. The van der Waals surface area contributed by atoms with Gasteiger partial charge in [-0.3, -0.25) is 14.2 Å². The van der Waals surface area contributed by atoms with E-state index in [0.29, 0.717) is 22.3 Å². The van der Waals surface area contributed by atoms with Crippen molar-refractivity contribution in [1.29, 1.82) is 0 Å². The highest BCUT2D eigenvalue weighted by atomic mass is 16.5. The summed E-state index contributed by atoms with van der Waals surface area (Å²) in [5, 5.41) is 7.42. The summed E-state index contributed by atoms with van der Waals surface area (Å²) < 4.78 is 7.66. The number of carbonyl (C=O) groups is 2. The van der Waals surface area contributed by atoms with Crippen molar-refractivity contribution in [3.63, 3.8) is 0 Å². The van der Waals surface area contributed by atoms with E-state index in [1.54, 1.807) is 28.9 Å².